The van der Waals surface area contributed by atoms with E-state index in [-0.39, 0.29) is 4.70 Å². The second kappa shape index (κ2) is 2.84. The second-order valence-corrected chi connectivity index (χ2v) is 1.05. The Bertz CT molecular complexity index is 141. The molecule has 0 amide bonds. The van der Waals surface area contributed by atoms with Gasteiger partial charge in [-0.25, -0.2) is 0 Å². The third kappa shape index (κ3) is 1.46. The Hall–Kier alpha value is -1.26. The van der Waals surface area contributed by atoms with Gasteiger partial charge in [0.25, 0.3) is 0 Å². The van der Waals surface area contributed by atoms with Gasteiger partial charge in [0.2, 0.25) is 0 Å². The fourth-order valence-corrected chi connectivity index (χ4v) is 0.250. The molecule has 44 valence electrons. The van der Waals surface area contributed by atoms with Gasteiger partial charge in [0, 0.05) is 6.07 Å². The van der Waals surface area contributed by atoms with E-state index in [1.54, 1.807) is 6.07 Å². The van der Waals surface area contributed by atoms with Gasteiger partial charge in [-0.3, -0.25) is 4.70 Å². The van der Waals surface area contributed by atoms with Gasteiger partial charge in [-0.05, 0) is 5.21 Å². The van der Waals surface area contributed by atoms with Crippen molar-refractivity contribution in [2.24, 2.45) is 0 Å². The maximum Gasteiger partial charge on any atom is 0.149 e. The third-order valence-corrected chi connectivity index (χ3v) is 0.524. The van der Waals surface area contributed by atoms with Gasteiger partial charge < -0.3 is 5.73 Å². The summed E-state index contributed by atoms with van der Waals surface area (Å²) in [6.07, 6.45) is 1.49. The van der Waals surface area contributed by atoms with Gasteiger partial charge in [0.15, 0.2) is 0 Å². The molecule has 5 heteroatoms. The zero-order valence-electron chi connectivity index (χ0n) is 3.98. The molecule has 1 rings (SSSR count). The molecule has 0 aliphatic heterocycles. The summed E-state index contributed by atoms with van der Waals surface area (Å²) in [5.74, 6) is 0.398. The first-order valence-electron chi connectivity index (χ1n) is 1.79. The number of rotatable bonds is 0. The summed E-state index contributed by atoms with van der Waals surface area (Å²) in [5.41, 5.74) is 5.14. The quantitative estimate of drug-likeness (QED) is 0.501. The average Bonchev–Trinajstić information content (AvgIpc) is 1.69. The molecule has 1 heterocycles. The van der Waals surface area contributed by atoms with Crippen LogP contribution in [0.25, 0.3) is 0 Å². The van der Waals surface area contributed by atoms with Crippen molar-refractivity contribution in [2.75, 3.05) is 5.73 Å². The number of aromatic nitrogens is 3. The standard InChI is InChI=1S/C3H4N4.FH/c4-3-1-2-5-7-6-3;/h1-2H,(H2,4,5,6);1H. The van der Waals surface area contributed by atoms with Gasteiger partial charge in [-0.2, -0.15) is 0 Å². The molecule has 0 aliphatic carbocycles. The van der Waals surface area contributed by atoms with E-state index in [2.05, 4.69) is 15.4 Å². The highest BCUT2D eigenvalue weighted by atomic mass is 19.0. The molecule has 0 unspecified atom stereocenters. The highest BCUT2D eigenvalue weighted by molar-refractivity contribution is 5.21. The summed E-state index contributed by atoms with van der Waals surface area (Å²) in [7, 11) is 0. The van der Waals surface area contributed by atoms with Crippen LogP contribution in [-0.4, -0.2) is 15.4 Å². The van der Waals surface area contributed by atoms with Crippen molar-refractivity contribution in [3.63, 3.8) is 0 Å². The van der Waals surface area contributed by atoms with Crippen molar-refractivity contribution in [3.05, 3.63) is 12.3 Å². The van der Waals surface area contributed by atoms with E-state index in [0.717, 1.165) is 0 Å². The van der Waals surface area contributed by atoms with Crippen LogP contribution in [0.3, 0.4) is 0 Å². The minimum Gasteiger partial charge on any atom is -0.382 e. The van der Waals surface area contributed by atoms with Gasteiger partial charge in [-0.1, -0.05) is 0 Å². The predicted molar refractivity (Wildman–Crippen MR) is 26.7 cm³/mol. The van der Waals surface area contributed by atoms with Crippen molar-refractivity contribution >= 4 is 5.82 Å². The molecule has 0 aliphatic rings. The van der Waals surface area contributed by atoms with Crippen LogP contribution < -0.4 is 5.73 Å². The van der Waals surface area contributed by atoms with E-state index in [1.807, 2.05) is 0 Å². The highest BCUT2D eigenvalue weighted by Gasteiger charge is 1.76. The molecule has 1 aromatic heterocycles. The lowest BCUT2D eigenvalue weighted by Gasteiger charge is -1.80. The maximum atomic E-state index is 5.14. The van der Waals surface area contributed by atoms with Crippen LogP contribution in [0.4, 0.5) is 10.5 Å². The van der Waals surface area contributed by atoms with E-state index in [4.69, 9.17) is 5.73 Å². The monoisotopic (exact) mass is 116 g/mol. The Kier molecular flexibility index (Phi) is 2.39. The number of halogens is 1. The van der Waals surface area contributed by atoms with E-state index < -0.39 is 0 Å². The lowest BCUT2D eigenvalue weighted by atomic mass is 10.6. The summed E-state index contributed by atoms with van der Waals surface area (Å²) in [5, 5.41) is 10.1. The molecule has 4 nitrogen and oxygen atoms in total. The van der Waals surface area contributed by atoms with E-state index >= 15 is 0 Å². The molecule has 0 radical (unpaired) electrons. The number of hydrogen-bond acceptors (Lipinski definition) is 4. The summed E-state index contributed by atoms with van der Waals surface area (Å²) in [6.45, 7) is 0. The smallest absolute Gasteiger partial charge is 0.149 e. The first-order chi connectivity index (χ1) is 3.39. The molecule has 0 atom stereocenters. The molecule has 2 N–H and O–H groups in total. The van der Waals surface area contributed by atoms with Gasteiger partial charge >= 0.3 is 0 Å². The Labute approximate surface area is 45.1 Å². The average molecular weight is 116 g/mol. The molecule has 0 saturated heterocycles. The fraction of sp³-hybridized carbons (Fsp3) is 0. The van der Waals surface area contributed by atoms with Crippen molar-refractivity contribution in [1.29, 1.82) is 0 Å². The molecule has 0 bridgehead atoms. The predicted octanol–water partition coefficient (Wildman–Crippen LogP) is -0.394. The summed E-state index contributed by atoms with van der Waals surface area (Å²) in [4.78, 5) is 0. The molecule has 0 saturated carbocycles. The van der Waals surface area contributed by atoms with Gasteiger partial charge in [0.1, 0.15) is 5.82 Å². The van der Waals surface area contributed by atoms with Crippen molar-refractivity contribution in [2.45, 2.75) is 0 Å². The van der Waals surface area contributed by atoms with Crippen molar-refractivity contribution in [1.82, 2.24) is 15.4 Å². The number of nitrogens with zero attached hydrogens (tertiary/aromatic N) is 3. The topological polar surface area (TPSA) is 64.7 Å². The largest absolute Gasteiger partial charge is 0.382 e. The minimum atomic E-state index is 0. The number of nitrogen functional groups attached to an aromatic ring is 1. The van der Waals surface area contributed by atoms with Crippen LogP contribution in [0.15, 0.2) is 12.3 Å². The zero-order valence-corrected chi connectivity index (χ0v) is 3.98. The second-order valence-electron chi connectivity index (χ2n) is 1.05. The Morgan fingerprint density at radius 2 is 2.25 bits per heavy atom. The SMILES string of the molecule is F.Nc1ccnnn1. The number of nitrogens with two attached hydrogens (primary N) is 1. The first kappa shape index (κ1) is 6.74. The Morgan fingerprint density at radius 1 is 1.50 bits per heavy atom. The van der Waals surface area contributed by atoms with Gasteiger partial charge in [0.05, 0.1) is 6.20 Å². The van der Waals surface area contributed by atoms with E-state index in [0.29, 0.717) is 5.82 Å². The lowest BCUT2D eigenvalue weighted by molar-refractivity contribution is 0.873. The number of hydrogen-bond donors (Lipinski definition) is 1. The van der Waals surface area contributed by atoms with Crippen LogP contribution >= 0.6 is 0 Å². The fourth-order valence-electron chi connectivity index (χ4n) is 0.250. The van der Waals surface area contributed by atoms with E-state index in [1.165, 1.54) is 6.20 Å². The van der Waals surface area contributed by atoms with Crippen LogP contribution in [0.1, 0.15) is 0 Å². The first-order valence-corrected chi connectivity index (χ1v) is 1.79. The maximum absolute atomic E-state index is 5.14. The summed E-state index contributed by atoms with van der Waals surface area (Å²) >= 11 is 0. The van der Waals surface area contributed by atoms with Crippen molar-refractivity contribution < 1.29 is 4.70 Å². The van der Waals surface area contributed by atoms with E-state index in [9.17, 15) is 0 Å². The minimum absolute atomic E-state index is 0. The molecule has 1 aromatic rings. The van der Waals surface area contributed by atoms with Crippen LogP contribution in [0.2, 0.25) is 0 Å². The van der Waals surface area contributed by atoms with Gasteiger partial charge in [-0.15, -0.1) is 10.2 Å². The third-order valence-electron chi connectivity index (χ3n) is 0.524. The molecule has 8 heavy (non-hydrogen) atoms. The van der Waals surface area contributed by atoms with Crippen LogP contribution in [-0.2, 0) is 0 Å². The van der Waals surface area contributed by atoms with Crippen LogP contribution in [0, 0.1) is 0 Å². The Morgan fingerprint density at radius 3 is 2.50 bits per heavy atom. The summed E-state index contributed by atoms with van der Waals surface area (Å²) < 4.78 is 0. The van der Waals surface area contributed by atoms with Crippen molar-refractivity contribution in [3.8, 4) is 0 Å². The molecule has 0 spiro atoms. The van der Waals surface area contributed by atoms with Crippen LogP contribution in [0.5, 0.6) is 0 Å². The normalized spacial score (nSPS) is 7.50. The summed E-state index contributed by atoms with van der Waals surface area (Å²) in [6, 6.07) is 1.58. The molecule has 0 aromatic carbocycles. The molecule has 0 fully saturated rings. The number of anilines is 1. The highest BCUT2D eigenvalue weighted by Crippen LogP contribution is 1.83. The molecular formula is C3H5FN4. The Balaban J connectivity index is 0.000000490. The zero-order chi connectivity index (χ0) is 5.11. The lowest BCUT2D eigenvalue weighted by Crippen LogP contribution is -1.91. The molecular weight excluding hydrogens is 111 g/mol.